The number of carbonyl (C=O) groups is 1. The van der Waals surface area contributed by atoms with Gasteiger partial charge in [0.25, 0.3) is 0 Å². The SMILES string of the molecule is CC(CC(=O)NCc1cccc(CBr)c1)C(C)(C)C. The third-order valence-corrected chi connectivity index (χ3v) is 4.25. The van der Waals surface area contributed by atoms with Gasteiger partial charge in [-0.15, -0.1) is 0 Å². The summed E-state index contributed by atoms with van der Waals surface area (Å²) in [6.07, 6.45) is 0.585. The van der Waals surface area contributed by atoms with E-state index in [-0.39, 0.29) is 11.3 Å². The Bertz CT molecular complexity index is 423. The van der Waals surface area contributed by atoms with Gasteiger partial charge in [-0.3, -0.25) is 4.79 Å². The molecule has 106 valence electrons. The second kappa shape index (κ2) is 7.09. The highest BCUT2D eigenvalue weighted by atomic mass is 79.9. The van der Waals surface area contributed by atoms with Crippen molar-refractivity contribution in [2.45, 2.75) is 46.0 Å². The third kappa shape index (κ3) is 5.77. The molecule has 0 saturated carbocycles. The zero-order valence-electron chi connectivity index (χ0n) is 12.3. The predicted molar refractivity (Wildman–Crippen MR) is 84.2 cm³/mol. The minimum atomic E-state index is 0.131. The van der Waals surface area contributed by atoms with Crippen LogP contribution >= 0.6 is 15.9 Å². The summed E-state index contributed by atoms with van der Waals surface area (Å²) in [5.41, 5.74) is 2.55. The largest absolute Gasteiger partial charge is 0.352 e. The molecule has 2 nitrogen and oxygen atoms in total. The van der Waals surface area contributed by atoms with Crippen molar-refractivity contribution in [2.24, 2.45) is 11.3 Å². The van der Waals surface area contributed by atoms with Crippen molar-refractivity contribution >= 4 is 21.8 Å². The molecule has 0 fully saturated rings. The molecule has 0 radical (unpaired) electrons. The number of hydrogen-bond acceptors (Lipinski definition) is 1. The van der Waals surface area contributed by atoms with Crippen LogP contribution in [0.15, 0.2) is 24.3 Å². The summed E-state index contributed by atoms with van der Waals surface area (Å²) in [4.78, 5) is 11.9. The fourth-order valence-electron chi connectivity index (χ4n) is 1.68. The Kier molecular flexibility index (Phi) is 6.05. The van der Waals surface area contributed by atoms with Crippen molar-refractivity contribution in [3.8, 4) is 0 Å². The van der Waals surface area contributed by atoms with Crippen LogP contribution in [-0.2, 0) is 16.7 Å². The number of benzene rings is 1. The molecule has 1 aromatic carbocycles. The molecular formula is C16H24BrNO. The van der Waals surface area contributed by atoms with Gasteiger partial charge in [0.05, 0.1) is 0 Å². The third-order valence-electron chi connectivity index (χ3n) is 3.61. The van der Waals surface area contributed by atoms with E-state index < -0.39 is 0 Å². The molecule has 1 rings (SSSR count). The topological polar surface area (TPSA) is 29.1 Å². The van der Waals surface area contributed by atoms with Crippen molar-refractivity contribution in [3.63, 3.8) is 0 Å². The second-order valence-corrected chi connectivity index (χ2v) is 6.76. The molecule has 1 amide bonds. The van der Waals surface area contributed by atoms with E-state index in [0.29, 0.717) is 18.9 Å². The molecule has 0 bridgehead atoms. The zero-order valence-corrected chi connectivity index (χ0v) is 13.9. The number of carbonyl (C=O) groups excluding carboxylic acids is 1. The Morgan fingerprint density at radius 2 is 1.95 bits per heavy atom. The molecule has 1 N–H and O–H groups in total. The van der Waals surface area contributed by atoms with E-state index in [1.807, 2.05) is 12.1 Å². The van der Waals surface area contributed by atoms with Crippen LogP contribution in [0, 0.1) is 11.3 Å². The first-order chi connectivity index (χ1) is 8.82. The van der Waals surface area contributed by atoms with E-state index in [9.17, 15) is 4.79 Å². The highest BCUT2D eigenvalue weighted by Crippen LogP contribution is 2.27. The van der Waals surface area contributed by atoms with E-state index in [4.69, 9.17) is 0 Å². The summed E-state index contributed by atoms with van der Waals surface area (Å²) in [6, 6.07) is 8.25. The van der Waals surface area contributed by atoms with Crippen molar-refractivity contribution in [2.75, 3.05) is 0 Å². The fourth-order valence-corrected chi connectivity index (χ4v) is 2.03. The van der Waals surface area contributed by atoms with Crippen LogP contribution in [0.1, 0.15) is 45.2 Å². The second-order valence-electron chi connectivity index (χ2n) is 6.20. The lowest BCUT2D eigenvalue weighted by Crippen LogP contribution is -2.28. The lowest BCUT2D eigenvalue weighted by atomic mass is 9.80. The average molecular weight is 326 g/mol. The molecule has 19 heavy (non-hydrogen) atoms. The summed E-state index contributed by atoms with van der Waals surface area (Å²) in [7, 11) is 0. The summed E-state index contributed by atoms with van der Waals surface area (Å²) in [5.74, 6) is 0.507. The van der Waals surface area contributed by atoms with Gasteiger partial charge in [-0.25, -0.2) is 0 Å². The molecule has 0 aliphatic rings. The van der Waals surface area contributed by atoms with Gasteiger partial charge < -0.3 is 5.32 Å². The maximum atomic E-state index is 11.9. The molecule has 3 heteroatoms. The molecule has 0 aliphatic heterocycles. The molecule has 0 aromatic heterocycles. The minimum absolute atomic E-state index is 0.131. The Labute approximate surface area is 125 Å². The summed E-state index contributed by atoms with van der Waals surface area (Å²) in [5, 5.41) is 3.84. The van der Waals surface area contributed by atoms with Crippen molar-refractivity contribution in [3.05, 3.63) is 35.4 Å². The molecule has 1 aromatic rings. The summed E-state index contributed by atoms with van der Waals surface area (Å²) >= 11 is 3.44. The van der Waals surface area contributed by atoms with Crippen LogP contribution in [0.2, 0.25) is 0 Å². The van der Waals surface area contributed by atoms with Crippen LogP contribution in [0.3, 0.4) is 0 Å². The van der Waals surface area contributed by atoms with Crippen LogP contribution in [0.25, 0.3) is 0 Å². The van der Waals surface area contributed by atoms with E-state index in [2.05, 4.69) is 61.1 Å². The Morgan fingerprint density at radius 3 is 2.53 bits per heavy atom. The van der Waals surface area contributed by atoms with Crippen LogP contribution in [0.4, 0.5) is 0 Å². The summed E-state index contributed by atoms with van der Waals surface area (Å²) in [6.45, 7) is 9.25. The number of alkyl halides is 1. The molecule has 0 spiro atoms. The molecule has 0 heterocycles. The first-order valence-corrected chi connectivity index (χ1v) is 7.85. The standard InChI is InChI=1S/C16H24BrNO/c1-12(16(2,3)4)8-15(19)18-11-14-7-5-6-13(9-14)10-17/h5-7,9,12H,8,10-11H2,1-4H3,(H,18,19). The lowest BCUT2D eigenvalue weighted by molar-refractivity contribution is -0.122. The average Bonchev–Trinajstić information content (AvgIpc) is 2.35. The molecule has 0 aliphatic carbocycles. The van der Waals surface area contributed by atoms with Gasteiger partial charge in [-0.1, -0.05) is 67.9 Å². The maximum Gasteiger partial charge on any atom is 0.220 e. The first kappa shape index (κ1) is 16.2. The number of hydrogen-bond donors (Lipinski definition) is 1. The molecule has 1 atom stereocenters. The van der Waals surface area contributed by atoms with Crippen molar-refractivity contribution in [1.82, 2.24) is 5.32 Å². The van der Waals surface area contributed by atoms with Gasteiger partial charge in [-0.2, -0.15) is 0 Å². The van der Waals surface area contributed by atoms with Gasteiger partial charge in [0, 0.05) is 18.3 Å². The Hall–Kier alpha value is -0.830. The van der Waals surface area contributed by atoms with Gasteiger partial charge in [0.1, 0.15) is 0 Å². The van der Waals surface area contributed by atoms with E-state index in [1.54, 1.807) is 0 Å². The quantitative estimate of drug-likeness (QED) is 0.805. The van der Waals surface area contributed by atoms with E-state index >= 15 is 0 Å². The monoisotopic (exact) mass is 325 g/mol. The van der Waals surface area contributed by atoms with Crippen LogP contribution in [-0.4, -0.2) is 5.91 Å². The highest BCUT2D eigenvalue weighted by molar-refractivity contribution is 9.08. The van der Waals surface area contributed by atoms with Crippen LogP contribution in [0.5, 0.6) is 0 Å². The van der Waals surface area contributed by atoms with Gasteiger partial charge >= 0.3 is 0 Å². The first-order valence-electron chi connectivity index (χ1n) is 6.73. The molecule has 1 unspecified atom stereocenters. The normalized spacial score (nSPS) is 13.1. The van der Waals surface area contributed by atoms with Crippen molar-refractivity contribution in [1.29, 1.82) is 0 Å². The zero-order chi connectivity index (χ0) is 14.5. The van der Waals surface area contributed by atoms with Crippen LogP contribution < -0.4 is 5.32 Å². The Morgan fingerprint density at radius 1 is 1.32 bits per heavy atom. The lowest BCUT2D eigenvalue weighted by Gasteiger charge is -2.26. The van der Waals surface area contributed by atoms with Gasteiger partial charge in [0.15, 0.2) is 0 Å². The number of rotatable bonds is 5. The fraction of sp³-hybridized carbons (Fsp3) is 0.562. The van der Waals surface area contributed by atoms with Crippen molar-refractivity contribution < 1.29 is 4.79 Å². The van der Waals surface area contributed by atoms with Gasteiger partial charge in [-0.05, 0) is 22.5 Å². The minimum Gasteiger partial charge on any atom is -0.352 e. The molecular weight excluding hydrogens is 302 g/mol. The molecule has 0 saturated heterocycles. The predicted octanol–water partition coefficient (Wildman–Crippen LogP) is 4.27. The van der Waals surface area contributed by atoms with E-state index in [1.165, 1.54) is 5.56 Å². The Balaban J connectivity index is 2.46. The van der Waals surface area contributed by atoms with E-state index in [0.717, 1.165) is 10.9 Å². The highest BCUT2D eigenvalue weighted by Gasteiger charge is 2.22. The van der Waals surface area contributed by atoms with Gasteiger partial charge in [0.2, 0.25) is 5.91 Å². The number of halogens is 1. The smallest absolute Gasteiger partial charge is 0.220 e. The summed E-state index contributed by atoms with van der Waals surface area (Å²) < 4.78 is 0. The number of amides is 1. The maximum absolute atomic E-state index is 11.9. The number of nitrogens with one attached hydrogen (secondary N) is 1.